The van der Waals surface area contributed by atoms with Crippen LogP contribution in [0.3, 0.4) is 0 Å². The first-order chi connectivity index (χ1) is 7.41. The first-order valence-electron chi connectivity index (χ1n) is 5.55. The third kappa shape index (κ3) is 4.36. The number of carbonyl (C=O) groups is 1. The Kier molecular flexibility index (Phi) is 6.21. The molecule has 17 heavy (non-hydrogen) atoms. The topological polar surface area (TPSA) is 55.1 Å². The van der Waals surface area contributed by atoms with Gasteiger partial charge in [-0.3, -0.25) is 4.79 Å². The summed E-state index contributed by atoms with van der Waals surface area (Å²) < 4.78 is 0. The molecule has 0 aliphatic carbocycles. The van der Waals surface area contributed by atoms with E-state index >= 15 is 0 Å². The molecule has 0 spiro atoms. The summed E-state index contributed by atoms with van der Waals surface area (Å²) in [6.45, 7) is 7.93. The van der Waals surface area contributed by atoms with Gasteiger partial charge in [-0.1, -0.05) is 19.9 Å². The number of halogens is 1. The molecule has 3 N–H and O–H groups in total. The molecule has 3 nitrogen and oxygen atoms in total. The fourth-order valence-electron chi connectivity index (χ4n) is 1.35. The Balaban J connectivity index is 0.00000256. The highest BCUT2D eigenvalue weighted by molar-refractivity contribution is 5.94. The number of nitrogens with one attached hydrogen (secondary N) is 1. The number of anilines is 1. The van der Waals surface area contributed by atoms with Gasteiger partial charge in [0.2, 0.25) is 5.91 Å². The Morgan fingerprint density at radius 2 is 1.82 bits per heavy atom. The normalized spacial score (nSPS) is 11.9. The summed E-state index contributed by atoms with van der Waals surface area (Å²) in [4.78, 5) is 11.7. The van der Waals surface area contributed by atoms with E-state index in [9.17, 15) is 4.79 Å². The largest absolute Gasteiger partial charge is 0.325 e. The number of benzene rings is 1. The minimum Gasteiger partial charge on any atom is -0.325 e. The van der Waals surface area contributed by atoms with Crippen LogP contribution >= 0.6 is 12.4 Å². The van der Waals surface area contributed by atoms with Crippen LogP contribution in [0.1, 0.15) is 25.0 Å². The van der Waals surface area contributed by atoms with Crippen molar-refractivity contribution in [1.82, 2.24) is 0 Å². The Morgan fingerprint density at radius 1 is 1.24 bits per heavy atom. The molecule has 1 rings (SSSR count). The molecule has 96 valence electrons. The maximum Gasteiger partial charge on any atom is 0.241 e. The van der Waals surface area contributed by atoms with Gasteiger partial charge in [-0.2, -0.15) is 0 Å². The lowest BCUT2D eigenvalue weighted by Gasteiger charge is -2.15. The van der Waals surface area contributed by atoms with Gasteiger partial charge >= 0.3 is 0 Å². The monoisotopic (exact) mass is 256 g/mol. The zero-order chi connectivity index (χ0) is 12.3. The van der Waals surface area contributed by atoms with Gasteiger partial charge in [0.1, 0.15) is 0 Å². The summed E-state index contributed by atoms with van der Waals surface area (Å²) in [5.41, 5.74) is 8.95. The molecule has 1 aromatic carbocycles. The predicted octanol–water partition coefficient (Wildman–Crippen LogP) is 2.65. The molecule has 1 unspecified atom stereocenters. The van der Waals surface area contributed by atoms with Crippen LogP contribution in [0.2, 0.25) is 0 Å². The number of hydrogen-bond acceptors (Lipinski definition) is 2. The molecule has 1 amide bonds. The lowest BCUT2D eigenvalue weighted by atomic mass is 10.0. The van der Waals surface area contributed by atoms with Crippen LogP contribution in [0.5, 0.6) is 0 Å². The standard InChI is InChI=1S/C13H20N2O.ClH/c1-8(2)12(14)13(16)15-11-6-5-9(3)10(4)7-11;/h5-8,12H,14H2,1-4H3,(H,15,16);1H. The zero-order valence-electron chi connectivity index (χ0n) is 10.8. The molecule has 0 saturated heterocycles. The predicted molar refractivity (Wildman–Crippen MR) is 74.6 cm³/mol. The number of amides is 1. The van der Waals surface area contributed by atoms with Gasteiger partial charge in [0.15, 0.2) is 0 Å². The molecule has 0 aliphatic heterocycles. The van der Waals surface area contributed by atoms with E-state index in [1.807, 2.05) is 45.9 Å². The number of nitrogens with two attached hydrogens (primary N) is 1. The van der Waals surface area contributed by atoms with Crippen LogP contribution in [-0.2, 0) is 4.79 Å². The SMILES string of the molecule is Cc1ccc(NC(=O)C(N)C(C)C)cc1C.Cl. The van der Waals surface area contributed by atoms with E-state index in [1.165, 1.54) is 5.56 Å². The van der Waals surface area contributed by atoms with E-state index in [4.69, 9.17) is 5.73 Å². The molecule has 4 heteroatoms. The van der Waals surface area contributed by atoms with Crippen molar-refractivity contribution in [3.8, 4) is 0 Å². The molecule has 0 saturated carbocycles. The smallest absolute Gasteiger partial charge is 0.241 e. The molecular formula is C13H21ClN2O. The van der Waals surface area contributed by atoms with Crippen LogP contribution in [0.4, 0.5) is 5.69 Å². The summed E-state index contributed by atoms with van der Waals surface area (Å²) >= 11 is 0. The Morgan fingerprint density at radius 3 is 2.29 bits per heavy atom. The van der Waals surface area contributed by atoms with Gasteiger partial charge in [0.05, 0.1) is 6.04 Å². The molecule has 1 aromatic rings. The molecule has 0 bridgehead atoms. The van der Waals surface area contributed by atoms with Crippen LogP contribution < -0.4 is 11.1 Å². The lowest BCUT2D eigenvalue weighted by Crippen LogP contribution is -2.39. The van der Waals surface area contributed by atoms with Gasteiger partial charge in [-0.25, -0.2) is 0 Å². The minimum absolute atomic E-state index is 0. The van der Waals surface area contributed by atoms with Crippen molar-refractivity contribution >= 4 is 24.0 Å². The Bertz CT molecular complexity index is 391. The maximum absolute atomic E-state index is 11.7. The summed E-state index contributed by atoms with van der Waals surface area (Å²) in [6.07, 6.45) is 0. The van der Waals surface area contributed by atoms with Crippen LogP contribution in [0.15, 0.2) is 18.2 Å². The first-order valence-corrected chi connectivity index (χ1v) is 5.55. The average Bonchev–Trinajstić information content (AvgIpc) is 2.22. The van der Waals surface area contributed by atoms with E-state index in [0.29, 0.717) is 0 Å². The van der Waals surface area contributed by atoms with Gasteiger partial charge in [-0.05, 0) is 43.0 Å². The van der Waals surface area contributed by atoms with Crippen molar-refractivity contribution in [3.63, 3.8) is 0 Å². The highest BCUT2D eigenvalue weighted by atomic mass is 35.5. The second kappa shape index (κ2) is 6.62. The number of rotatable bonds is 3. The van der Waals surface area contributed by atoms with Gasteiger partial charge in [0, 0.05) is 5.69 Å². The number of carbonyl (C=O) groups excluding carboxylic acids is 1. The zero-order valence-corrected chi connectivity index (χ0v) is 11.6. The fourth-order valence-corrected chi connectivity index (χ4v) is 1.35. The molecular weight excluding hydrogens is 236 g/mol. The summed E-state index contributed by atoms with van der Waals surface area (Å²) in [7, 11) is 0. The number of aryl methyl sites for hydroxylation is 2. The molecule has 0 aliphatic rings. The van der Waals surface area contributed by atoms with Gasteiger partial charge in [0.25, 0.3) is 0 Å². The molecule has 0 heterocycles. The van der Waals surface area contributed by atoms with Gasteiger partial charge in [-0.15, -0.1) is 12.4 Å². The fraction of sp³-hybridized carbons (Fsp3) is 0.462. The number of hydrogen-bond donors (Lipinski definition) is 2. The highest BCUT2D eigenvalue weighted by Crippen LogP contribution is 2.14. The van der Waals surface area contributed by atoms with E-state index in [-0.39, 0.29) is 24.2 Å². The lowest BCUT2D eigenvalue weighted by molar-refractivity contribution is -0.118. The first kappa shape index (κ1) is 15.9. The van der Waals surface area contributed by atoms with Crippen LogP contribution in [0, 0.1) is 19.8 Å². The second-order valence-corrected chi connectivity index (χ2v) is 4.56. The quantitative estimate of drug-likeness (QED) is 0.874. The van der Waals surface area contributed by atoms with Crippen LogP contribution in [-0.4, -0.2) is 11.9 Å². The van der Waals surface area contributed by atoms with Gasteiger partial charge < -0.3 is 11.1 Å². The highest BCUT2D eigenvalue weighted by Gasteiger charge is 2.17. The summed E-state index contributed by atoms with van der Waals surface area (Å²) in [5, 5.41) is 2.83. The third-order valence-corrected chi connectivity index (χ3v) is 2.80. The van der Waals surface area contributed by atoms with E-state index in [1.54, 1.807) is 0 Å². The summed E-state index contributed by atoms with van der Waals surface area (Å²) in [5.74, 6) is 0.0183. The van der Waals surface area contributed by atoms with Crippen molar-refractivity contribution < 1.29 is 4.79 Å². The Hall–Kier alpha value is -1.06. The van der Waals surface area contributed by atoms with E-state index in [2.05, 4.69) is 5.32 Å². The third-order valence-electron chi connectivity index (χ3n) is 2.80. The second-order valence-electron chi connectivity index (χ2n) is 4.56. The molecule has 0 radical (unpaired) electrons. The van der Waals surface area contributed by atoms with Crippen molar-refractivity contribution in [2.75, 3.05) is 5.32 Å². The van der Waals surface area contributed by atoms with Crippen molar-refractivity contribution in [2.45, 2.75) is 33.7 Å². The van der Waals surface area contributed by atoms with Crippen LogP contribution in [0.25, 0.3) is 0 Å². The average molecular weight is 257 g/mol. The molecule has 0 fully saturated rings. The maximum atomic E-state index is 11.7. The van der Waals surface area contributed by atoms with E-state index in [0.717, 1.165) is 11.3 Å². The van der Waals surface area contributed by atoms with Crippen molar-refractivity contribution in [1.29, 1.82) is 0 Å². The van der Waals surface area contributed by atoms with Crippen molar-refractivity contribution in [3.05, 3.63) is 29.3 Å². The molecule has 1 atom stereocenters. The van der Waals surface area contributed by atoms with Crippen molar-refractivity contribution in [2.24, 2.45) is 11.7 Å². The summed E-state index contributed by atoms with van der Waals surface area (Å²) in [6, 6.07) is 5.39. The van der Waals surface area contributed by atoms with E-state index < -0.39 is 6.04 Å². The minimum atomic E-state index is -0.457. The Labute approximate surface area is 109 Å². The molecule has 0 aromatic heterocycles.